The van der Waals surface area contributed by atoms with Gasteiger partial charge in [-0.1, -0.05) is 18.2 Å². The molecule has 2 heterocycles. The lowest BCUT2D eigenvalue weighted by atomic mass is 9.91. The molecule has 0 bridgehead atoms. The van der Waals surface area contributed by atoms with Gasteiger partial charge in [0.25, 0.3) is 0 Å². The molecule has 0 radical (unpaired) electrons. The maximum atomic E-state index is 12.3. The number of alkyl carbamates (subject to hydrolysis) is 1. The topological polar surface area (TPSA) is 134 Å². The van der Waals surface area contributed by atoms with E-state index in [1.54, 1.807) is 10.7 Å². The summed E-state index contributed by atoms with van der Waals surface area (Å²) in [6, 6.07) is 18.7. The Labute approximate surface area is 239 Å². The minimum absolute atomic E-state index is 0.103. The Morgan fingerprint density at radius 1 is 0.878 bits per heavy atom. The van der Waals surface area contributed by atoms with Gasteiger partial charge in [-0.15, -0.1) is 5.10 Å². The Bertz CT molecular complexity index is 1470. The van der Waals surface area contributed by atoms with Gasteiger partial charge in [0.15, 0.2) is 5.65 Å². The molecule has 0 unspecified atom stereocenters. The van der Waals surface area contributed by atoms with Gasteiger partial charge in [-0.2, -0.15) is 0 Å². The number of nitrogens with one attached hydrogen (secondary N) is 5. The number of para-hydroxylation sites is 1. The number of fused-ring (bicyclic) bond motifs is 1. The van der Waals surface area contributed by atoms with Crippen molar-refractivity contribution >= 4 is 46.3 Å². The number of imidazole rings is 1. The number of hydrogen-bond donors (Lipinski definition) is 5. The molecular formula is C30H36N8O3. The molecule has 0 atom stereocenters. The van der Waals surface area contributed by atoms with Crippen LogP contribution in [-0.2, 0) is 4.74 Å². The number of ether oxygens (including phenoxy) is 1. The van der Waals surface area contributed by atoms with Crippen LogP contribution in [0.4, 0.5) is 38.2 Å². The van der Waals surface area contributed by atoms with Crippen LogP contribution in [0.1, 0.15) is 46.5 Å². The molecule has 5 rings (SSSR count). The van der Waals surface area contributed by atoms with Gasteiger partial charge in [-0.3, -0.25) is 0 Å². The first-order valence-electron chi connectivity index (χ1n) is 13.8. The highest BCUT2D eigenvalue weighted by Gasteiger charge is 2.25. The number of anilines is 5. The quantitative estimate of drug-likeness (QED) is 0.179. The number of nitrogens with zero attached hydrogens (tertiary/aromatic N) is 3. The molecule has 0 spiro atoms. The van der Waals surface area contributed by atoms with Crippen LogP contribution in [0.25, 0.3) is 5.65 Å². The lowest BCUT2D eigenvalue weighted by Gasteiger charge is -2.30. The zero-order chi connectivity index (χ0) is 28.8. The van der Waals surface area contributed by atoms with Crippen molar-refractivity contribution in [1.82, 2.24) is 19.9 Å². The van der Waals surface area contributed by atoms with Crippen LogP contribution in [0.5, 0.6) is 0 Å². The van der Waals surface area contributed by atoms with Gasteiger partial charge in [0.05, 0.1) is 5.69 Å². The molecule has 11 nitrogen and oxygen atoms in total. The molecular weight excluding hydrogens is 520 g/mol. The second-order valence-corrected chi connectivity index (χ2v) is 11.1. The Morgan fingerprint density at radius 3 is 2.20 bits per heavy atom. The van der Waals surface area contributed by atoms with Crippen molar-refractivity contribution in [2.45, 2.75) is 64.1 Å². The molecule has 0 saturated heterocycles. The second kappa shape index (κ2) is 12.2. The molecule has 0 aliphatic heterocycles. The molecule has 11 heteroatoms. The number of benzene rings is 2. The van der Waals surface area contributed by atoms with E-state index in [2.05, 4.69) is 36.7 Å². The number of carbonyl (C=O) groups excluding carboxylic acids is 2. The fraction of sp³-hybridized carbons (Fsp3) is 0.333. The van der Waals surface area contributed by atoms with Crippen molar-refractivity contribution in [2.24, 2.45) is 0 Å². The summed E-state index contributed by atoms with van der Waals surface area (Å²) in [6.07, 6.45) is 6.68. The van der Waals surface area contributed by atoms with Crippen LogP contribution < -0.4 is 26.6 Å². The summed E-state index contributed by atoms with van der Waals surface area (Å²) in [6.45, 7) is 5.59. The average Bonchev–Trinajstić information content (AvgIpc) is 3.39. The van der Waals surface area contributed by atoms with Crippen molar-refractivity contribution in [1.29, 1.82) is 0 Å². The SMILES string of the molecule is CC(C)(C)OC(=O)NC1CCC(Nc2cc(Nc3ccc(NC(=O)Nc4ccccc4)cc3)c3nccn3n2)CC1. The van der Waals surface area contributed by atoms with Crippen molar-refractivity contribution in [3.05, 3.63) is 73.1 Å². The zero-order valence-corrected chi connectivity index (χ0v) is 23.5. The van der Waals surface area contributed by atoms with Crippen LogP contribution in [-0.4, -0.2) is 44.4 Å². The van der Waals surface area contributed by atoms with E-state index in [1.165, 1.54) is 0 Å². The molecule has 3 amide bonds. The van der Waals surface area contributed by atoms with Crippen LogP contribution in [0.3, 0.4) is 0 Å². The molecule has 5 N–H and O–H groups in total. The summed E-state index contributed by atoms with van der Waals surface area (Å²) in [4.78, 5) is 28.9. The zero-order valence-electron chi connectivity index (χ0n) is 23.5. The molecule has 214 valence electrons. The second-order valence-electron chi connectivity index (χ2n) is 11.1. The van der Waals surface area contributed by atoms with E-state index < -0.39 is 5.60 Å². The number of rotatable bonds is 7. The van der Waals surface area contributed by atoms with E-state index in [0.29, 0.717) is 11.3 Å². The predicted octanol–water partition coefficient (Wildman–Crippen LogP) is 6.36. The molecule has 1 saturated carbocycles. The fourth-order valence-corrected chi connectivity index (χ4v) is 4.75. The highest BCUT2D eigenvalue weighted by molar-refractivity contribution is 5.99. The van der Waals surface area contributed by atoms with E-state index in [4.69, 9.17) is 4.74 Å². The lowest BCUT2D eigenvalue weighted by Crippen LogP contribution is -2.42. The van der Waals surface area contributed by atoms with Crippen LogP contribution >= 0.6 is 0 Å². The van der Waals surface area contributed by atoms with Crippen LogP contribution in [0.2, 0.25) is 0 Å². The van der Waals surface area contributed by atoms with Gasteiger partial charge in [0.2, 0.25) is 0 Å². The summed E-state index contributed by atoms with van der Waals surface area (Å²) in [5.74, 6) is 0.734. The molecule has 4 aromatic rings. The number of carbonyl (C=O) groups is 2. The summed E-state index contributed by atoms with van der Waals surface area (Å²) in [5.41, 5.74) is 3.23. The average molecular weight is 557 g/mol. The number of urea groups is 1. The highest BCUT2D eigenvalue weighted by atomic mass is 16.6. The van der Waals surface area contributed by atoms with E-state index in [1.807, 2.05) is 87.6 Å². The van der Waals surface area contributed by atoms with E-state index in [-0.39, 0.29) is 24.2 Å². The standard InChI is InChI=1S/C30H36N8O3/c1-30(2,3)41-29(40)36-24-15-11-22(12-16-24)33-26-19-25(27-31-17-18-38(27)37-26)32-21-9-13-23(14-10-21)35-28(39)34-20-7-5-4-6-8-20/h4-10,13-14,17-19,22,24,32H,11-12,15-16H2,1-3H3,(H,33,37)(H,36,40)(H2,34,35,39). The Kier molecular flexibility index (Phi) is 8.23. The Morgan fingerprint density at radius 2 is 1.51 bits per heavy atom. The molecule has 1 aliphatic carbocycles. The monoisotopic (exact) mass is 556 g/mol. The minimum Gasteiger partial charge on any atom is -0.444 e. The predicted molar refractivity (Wildman–Crippen MR) is 161 cm³/mol. The molecule has 1 fully saturated rings. The molecule has 1 aliphatic rings. The summed E-state index contributed by atoms with van der Waals surface area (Å²) in [5, 5.41) is 20.3. The first-order chi connectivity index (χ1) is 19.7. The van der Waals surface area contributed by atoms with Crippen LogP contribution in [0, 0.1) is 0 Å². The summed E-state index contributed by atoms with van der Waals surface area (Å²) >= 11 is 0. The smallest absolute Gasteiger partial charge is 0.407 e. The minimum atomic E-state index is -0.510. The third-order valence-electron chi connectivity index (χ3n) is 6.61. The third-order valence-corrected chi connectivity index (χ3v) is 6.61. The van der Waals surface area contributed by atoms with Gasteiger partial charge in [0.1, 0.15) is 11.4 Å². The number of amides is 3. The van der Waals surface area contributed by atoms with E-state index in [0.717, 1.165) is 48.6 Å². The van der Waals surface area contributed by atoms with E-state index >= 15 is 0 Å². The molecule has 41 heavy (non-hydrogen) atoms. The maximum Gasteiger partial charge on any atom is 0.407 e. The lowest BCUT2D eigenvalue weighted by molar-refractivity contribution is 0.0492. The summed E-state index contributed by atoms with van der Waals surface area (Å²) in [7, 11) is 0. The number of aromatic nitrogens is 3. The Hall–Kier alpha value is -4.80. The van der Waals surface area contributed by atoms with E-state index in [9.17, 15) is 9.59 Å². The van der Waals surface area contributed by atoms with Gasteiger partial charge in [-0.25, -0.2) is 19.1 Å². The first-order valence-corrected chi connectivity index (χ1v) is 13.8. The highest BCUT2D eigenvalue weighted by Crippen LogP contribution is 2.27. The first kappa shape index (κ1) is 27.8. The maximum absolute atomic E-state index is 12.3. The van der Waals surface area contributed by atoms with Gasteiger partial charge >= 0.3 is 12.1 Å². The van der Waals surface area contributed by atoms with Crippen molar-refractivity contribution in [2.75, 3.05) is 21.3 Å². The van der Waals surface area contributed by atoms with Crippen molar-refractivity contribution in [3.8, 4) is 0 Å². The largest absolute Gasteiger partial charge is 0.444 e. The number of hydrogen-bond acceptors (Lipinski definition) is 7. The summed E-state index contributed by atoms with van der Waals surface area (Å²) < 4.78 is 7.13. The molecule has 2 aromatic carbocycles. The normalized spacial score (nSPS) is 17.0. The van der Waals surface area contributed by atoms with Crippen LogP contribution in [0.15, 0.2) is 73.1 Å². The third kappa shape index (κ3) is 7.87. The Balaban J connectivity index is 1.18. The van der Waals surface area contributed by atoms with Crippen molar-refractivity contribution < 1.29 is 14.3 Å². The molecule has 2 aromatic heterocycles. The van der Waals surface area contributed by atoms with Gasteiger partial charge in [0, 0.05) is 47.6 Å². The fourth-order valence-electron chi connectivity index (χ4n) is 4.75. The van der Waals surface area contributed by atoms with Gasteiger partial charge in [-0.05, 0) is 82.9 Å². The van der Waals surface area contributed by atoms with Crippen molar-refractivity contribution in [3.63, 3.8) is 0 Å². The van der Waals surface area contributed by atoms with Gasteiger partial charge < -0.3 is 31.3 Å².